The maximum absolute atomic E-state index is 9.30. The van der Waals surface area contributed by atoms with Crippen molar-refractivity contribution >= 4 is 21.8 Å². The first-order chi connectivity index (χ1) is 33.5. The highest BCUT2D eigenvalue weighted by atomic mass is 15.1. The lowest BCUT2D eigenvalue weighted by Crippen LogP contribution is -2.04. The van der Waals surface area contributed by atoms with Crippen LogP contribution in [0.15, 0.2) is 230 Å². The Morgan fingerprint density at radius 2 is 0.639 bits per heavy atom. The molecule has 9 aromatic carbocycles. The van der Waals surface area contributed by atoms with Gasteiger partial charge in [0.1, 0.15) is 0 Å². The Hall–Kier alpha value is -8.21. The third kappa shape index (κ3) is 6.86. The summed E-state index contributed by atoms with van der Waals surface area (Å²) < 4.78 is 73.2. The van der Waals surface area contributed by atoms with Gasteiger partial charge in [0, 0.05) is 27.5 Å². The molecule has 0 radical (unpaired) electrons. The van der Waals surface area contributed by atoms with Crippen molar-refractivity contribution in [1.82, 2.24) is 19.5 Å². The Morgan fingerprint density at radius 1 is 0.311 bits per heavy atom. The second-order valence-electron chi connectivity index (χ2n) is 14.7. The van der Waals surface area contributed by atoms with Crippen molar-refractivity contribution in [2.75, 3.05) is 0 Å². The van der Waals surface area contributed by atoms with Crippen molar-refractivity contribution in [3.05, 3.63) is 230 Å². The van der Waals surface area contributed by atoms with Crippen LogP contribution in [0.25, 0.3) is 106 Å². The monoisotopic (exact) mass is 786 g/mol. The summed E-state index contributed by atoms with van der Waals surface area (Å²) in [5.74, 6) is 0.992. The predicted molar refractivity (Wildman–Crippen MR) is 252 cm³/mol. The Labute approximate surface area is 366 Å². The molecule has 11 aromatic rings. The first-order valence-electron chi connectivity index (χ1n) is 23.9. The minimum absolute atomic E-state index is 0.00583. The van der Waals surface area contributed by atoms with Crippen LogP contribution in [0.2, 0.25) is 0 Å². The Kier molecular flexibility index (Phi) is 7.19. The SMILES string of the molecule is [2H]c1c([2H])c([2H])c2c(c1[2H])c1c([2H])c([2H])c([2H])c([2H])c1n2-c1ccc(-c2ccc(-c3ccc(-c4ccccc4)cc3)cc2)cc1-c1nc(-c2ccccc2)nc(-c2ccc(-c3ccccc3)cc2)n1. The van der Waals surface area contributed by atoms with Crippen LogP contribution in [0, 0.1) is 0 Å². The Bertz CT molecular complexity index is 3690. The summed E-state index contributed by atoms with van der Waals surface area (Å²) in [7, 11) is 0. The number of hydrogen-bond acceptors (Lipinski definition) is 3. The van der Waals surface area contributed by atoms with Crippen molar-refractivity contribution in [1.29, 1.82) is 0 Å². The van der Waals surface area contributed by atoms with Gasteiger partial charge in [-0.3, -0.25) is 0 Å². The number of aromatic nitrogens is 4. The highest BCUT2D eigenvalue weighted by Crippen LogP contribution is 2.39. The zero-order valence-electron chi connectivity index (χ0n) is 40.6. The Balaban J connectivity index is 1.15. The summed E-state index contributed by atoms with van der Waals surface area (Å²) in [4.78, 5) is 15.3. The molecule has 4 nitrogen and oxygen atoms in total. The molecule has 286 valence electrons. The van der Waals surface area contributed by atoms with Crippen molar-refractivity contribution < 1.29 is 11.0 Å². The number of benzene rings is 9. The molecule has 0 unspecified atom stereocenters. The molecule has 0 amide bonds. The van der Waals surface area contributed by atoms with Crippen molar-refractivity contribution in [3.63, 3.8) is 0 Å². The molecule has 0 saturated carbocycles. The van der Waals surface area contributed by atoms with Crippen molar-refractivity contribution in [3.8, 4) is 84.4 Å². The highest BCUT2D eigenvalue weighted by Gasteiger charge is 2.20. The van der Waals surface area contributed by atoms with E-state index in [1.54, 1.807) is 6.07 Å². The van der Waals surface area contributed by atoms with E-state index in [0.717, 1.165) is 55.6 Å². The van der Waals surface area contributed by atoms with Gasteiger partial charge < -0.3 is 4.57 Å². The van der Waals surface area contributed by atoms with Gasteiger partial charge in [-0.05, 0) is 68.7 Å². The molecule has 0 aliphatic heterocycles. The van der Waals surface area contributed by atoms with Crippen molar-refractivity contribution in [2.24, 2.45) is 0 Å². The molecule has 0 spiro atoms. The minimum Gasteiger partial charge on any atom is -0.309 e. The van der Waals surface area contributed by atoms with Crippen LogP contribution in [0.1, 0.15) is 11.0 Å². The maximum Gasteiger partial charge on any atom is 0.166 e. The molecule has 2 aromatic heterocycles. The normalized spacial score (nSPS) is 13.1. The van der Waals surface area contributed by atoms with Gasteiger partial charge in [-0.1, -0.05) is 206 Å². The third-order valence-electron chi connectivity index (χ3n) is 11.0. The van der Waals surface area contributed by atoms with Gasteiger partial charge in [-0.15, -0.1) is 0 Å². The standard InChI is InChI=1S/C57H38N4/c1-4-14-39(15-5-1)41-24-26-43(27-25-41)44-28-30-45(31-29-44)48-36-37-54(61-52-22-12-10-20-49(52)50-21-11-13-23-53(50)61)51(38-48)57-59-55(46-18-8-3-9-19-46)58-56(60-57)47-34-32-42(33-35-47)40-16-6-2-7-17-40/h1-38H/i10D,11D,12D,13D,20D,21D,22D,23D. The molecule has 61 heavy (non-hydrogen) atoms. The van der Waals surface area contributed by atoms with Crippen LogP contribution in [-0.2, 0) is 0 Å². The average Bonchev–Trinajstić information content (AvgIpc) is 3.78. The fraction of sp³-hybridized carbons (Fsp3) is 0. The number of para-hydroxylation sites is 2. The second kappa shape index (κ2) is 15.5. The van der Waals surface area contributed by atoms with Gasteiger partial charge in [0.05, 0.1) is 27.7 Å². The lowest BCUT2D eigenvalue weighted by molar-refractivity contribution is 1.06. The fourth-order valence-electron chi connectivity index (χ4n) is 7.88. The maximum atomic E-state index is 9.30. The summed E-state index contributed by atoms with van der Waals surface area (Å²) in [6.45, 7) is 0. The first-order valence-corrected chi connectivity index (χ1v) is 19.9. The van der Waals surface area contributed by atoms with E-state index in [1.165, 1.54) is 4.57 Å². The van der Waals surface area contributed by atoms with Gasteiger partial charge in [0.2, 0.25) is 0 Å². The molecule has 0 atom stereocenters. The smallest absolute Gasteiger partial charge is 0.166 e. The van der Waals surface area contributed by atoms with E-state index in [2.05, 4.69) is 48.5 Å². The number of nitrogens with zero attached hydrogens (tertiary/aromatic N) is 4. The lowest BCUT2D eigenvalue weighted by Gasteiger charge is -2.16. The quantitative estimate of drug-likeness (QED) is 0.154. The molecule has 4 heteroatoms. The van der Waals surface area contributed by atoms with Crippen LogP contribution >= 0.6 is 0 Å². The summed E-state index contributed by atoms with van der Waals surface area (Å²) in [6.07, 6.45) is 0. The van der Waals surface area contributed by atoms with E-state index in [-0.39, 0.29) is 27.6 Å². The molecule has 0 N–H and O–H groups in total. The largest absolute Gasteiger partial charge is 0.309 e. The van der Waals surface area contributed by atoms with E-state index in [1.807, 2.05) is 127 Å². The van der Waals surface area contributed by atoms with Crippen LogP contribution in [-0.4, -0.2) is 19.5 Å². The summed E-state index contributed by atoms with van der Waals surface area (Å²) >= 11 is 0. The number of rotatable bonds is 8. The second-order valence-corrected chi connectivity index (χ2v) is 14.7. The van der Waals surface area contributed by atoms with E-state index < -0.39 is 48.3 Å². The fourth-order valence-corrected chi connectivity index (χ4v) is 7.88. The molecule has 0 bridgehead atoms. The first kappa shape index (κ1) is 28.3. The molecule has 0 saturated heterocycles. The summed E-state index contributed by atoms with van der Waals surface area (Å²) in [5.41, 5.74) is 10.3. The third-order valence-corrected chi connectivity index (χ3v) is 11.0. The summed E-state index contributed by atoms with van der Waals surface area (Å²) in [5, 5.41) is -0.0459. The van der Waals surface area contributed by atoms with Gasteiger partial charge in [-0.25, -0.2) is 15.0 Å². The predicted octanol–water partition coefficient (Wildman–Crippen LogP) is 14.6. The number of hydrogen-bond donors (Lipinski definition) is 0. The minimum atomic E-state index is -0.516. The number of fused-ring (bicyclic) bond motifs is 3. The topological polar surface area (TPSA) is 43.6 Å². The van der Waals surface area contributed by atoms with E-state index in [0.29, 0.717) is 22.9 Å². The molecule has 0 aliphatic rings. The van der Waals surface area contributed by atoms with Crippen LogP contribution in [0.3, 0.4) is 0 Å². The molecule has 0 fully saturated rings. The zero-order chi connectivity index (χ0) is 47.5. The summed E-state index contributed by atoms with van der Waals surface area (Å²) in [6, 6.07) is 56.3. The van der Waals surface area contributed by atoms with Gasteiger partial charge >= 0.3 is 0 Å². The van der Waals surface area contributed by atoms with Gasteiger partial charge in [0.25, 0.3) is 0 Å². The van der Waals surface area contributed by atoms with Crippen molar-refractivity contribution in [2.45, 2.75) is 0 Å². The van der Waals surface area contributed by atoms with E-state index in [4.69, 9.17) is 23.2 Å². The van der Waals surface area contributed by atoms with Crippen LogP contribution < -0.4 is 0 Å². The van der Waals surface area contributed by atoms with E-state index in [9.17, 15) is 2.74 Å². The van der Waals surface area contributed by atoms with E-state index >= 15 is 0 Å². The highest BCUT2D eigenvalue weighted by molar-refractivity contribution is 6.09. The average molecular weight is 787 g/mol. The molecule has 2 heterocycles. The Morgan fingerprint density at radius 3 is 1.10 bits per heavy atom. The molecular formula is C57H38N4. The molecule has 0 aliphatic carbocycles. The molecule has 11 rings (SSSR count). The van der Waals surface area contributed by atoms with Gasteiger partial charge in [-0.2, -0.15) is 0 Å². The molecular weight excluding hydrogens is 741 g/mol. The van der Waals surface area contributed by atoms with Gasteiger partial charge in [0.15, 0.2) is 17.5 Å². The van der Waals surface area contributed by atoms with Crippen LogP contribution in [0.4, 0.5) is 0 Å². The lowest BCUT2D eigenvalue weighted by atomic mass is 9.97. The van der Waals surface area contributed by atoms with Crippen LogP contribution in [0.5, 0.6) is 0 Å². The zero-order valence-corrected chi connectivity index (χ0v) is 32.6.